The highest BCUT2D eigenvalue weighted by molar-refractivity contribution is 6.01. The van der Waals surface area contributed by atoms with Gasteiger partial charge in [0.1, 0.15) is 17.1 Å². The summed E-state index contributed by atoms with van der Waals surface area (Å²) in [6.45, 7) is 0. The van der Waals surface area contributed by atoms with Crippen LogP contribution >= 0.6 is 0 Å². The molecular weight excluding hydrogens is 404 g/mol. The van der Waals surface area contributed by atoms with E-state index in [0.717, 1.165) is 28.3 Å². The molecule has 0 bridgehead atoms. The number of H-pyrrole nitrogens is 2. The Labute approximate surface area is 183 Å². The van der Waals surface area contributed by atoms with Crippen molar-refractivity contribution in [2.75, 3.05) is 17.7 Å². The second-order valence-corrected chi connectivity index (χ2v) is 7.10. The van der Waals surface area contributed by atoms with Crippen molar-refractivity contribution in [1.82, 2.24) is 19.9 Å². The molecule has 158 valence electrons. The third-order valence-corrected chi connectivity index (χ3v) is 4.96. The Morgan fingerprint density at radius 3 is 2.06 bits per heavy atom. The first-order chi connectivity index (χ1) is 15.7. The molecule has 0 atom stereocenters. The zero-order valence-corrected chi connectivity index (χ0v) is 17.2. The van der Waals surface area contributed by atoms with Gasteiger partial charge in [0.15, 0.2) is 0 Å². The van der Waals surface area contributed by atoms with Gasteiger partial charge in [-0.2, -0.15) is 0 Å². The average molecular weight is 424 g/mol. The maximum absolute atomic E-state index is 12.5. The van der Waals surface area contributed by atoms with E-state index in [0.29, 0.717) is 22.6 Å². The molecule has 0 aliphatic carbocycles. The highest BCUT2D eigenvalue weighted by Crippen LogP contribution is 2.30. The Balaban J connectivity index is 1.45. The van der Waals surface area contributed by atoms with E-state index in [2.05, 4.69) is 20.6 Å². The predicted octanol–water partition coefficient (Wildman–Crippen LogP) is 5.27. The number of carbonyl (C=O) groups excluding carboxylic acids is 1. The van der Waals surface area contributed by atoms with Gasteiger partial charge in [0.05, 0.1) is 29.5 Å². The van der Waals surface area contributed by atoms with Gasteiger partial charge in [-0.3, -0.25) is 0 Å². The van der Waals surface area contributed by atoms with Crippen LogP contribution in [0, 0.1) is 0 Å². The molecule has 8 nitrogen and oxygen atoms in total. The largest absolute Gasteiger partial charge is 0.497 e. The Morgan fingerprint density at radius 1 is 0.781 bits per heavy atom. The summed E-state index contributed by atoms with van der Waals surface area (Å²) in [6, 6.07) is 20.0. The maximum Gasteiger partial charge on any atom is 0.323 e. The normalized spacial score (nSPS) is 10.8. The number of rotatable bonds is 5. The van der Waals surface area contributed by atoms with Crippen molar-refractivity contribution in [3.8, 4) is 28.5 Å². The van der Waals surface area contributed by atoms with Crippen LogP contribution < -0.4 is 15.4 Å². The first-order valence-corrected chi connectivity index (χ1v) is 10.0. The van der Waals surface area contributed by atoms with Crippen molar-refractivity contribution in [2.45, 2.75) is 0 Å². The molecule has 2 amide bonds. The molecule has 2 aromatic carbocycles. The minimum absolute atomic E-state index is 0.363. The Hall–Kier alpha value is -4.59. The van der Waals surface area contributed by atoms with E-state index in [4.69, 9.17) is 14.7 Å². The van der Waals surface area contributed by atoms with Crippen molar-refractivity contribution in [2.24, 2.45) is 0 Å². The third-order valence-electron chi connectivity index (χ3n) is 4.96. The van der Waals surface area contributed by atoms with Gasteiger partial charge in [-0.05, 0) is 54.6 Å². The van der Waals surface area contributed by atoms with Gasteiger partial charge in [0.2, 0.25) is 0 Å². The summed E-state index contributed by atoms with van der Waals surface area (Å²) < 4.78 is 5.19. The number of anilines is 2. The molecule has 0 aliphatic heterocycles. The Morgan fingerprint density at radius 2 is 1.44 bits per heavy atom. The highest BCUT2D eigenvalue weighted by Gasteiger charge is 2.15. The zero-order valence-electron chi connectivity index (χ0n) is 17.2. The molecular formula is C24H20N6O2. The Kier molecular flexibility index (Phi) is 5.01. The monoisotopic (exact) mass is 424 g/mol. The SMILES string of the molecule is COc1cccc(NC(=O)Nc2ccc3nc(-c4ccc[nH]4)c(-c4ccc[nH]4)nc3c2)c1. The summed E-state index contributed by atoms with van der Waals surface area (Å²) in [4.78, 5) is 28.5. The highest BCUT2D eigenvalue weighted by atomic mass is 16.5. The first kappa shape index (κ1) is 19.4. The van der Waals surface area contributed by atoms with Crippen LogP contribution in [0.25, 0.3) is 33.8 Å². The minimum Gasteiger partial charge on any atom is -0.497 e. The van der Waals surface area contributed by atoms with Gasteiger partial charge in [0, 0.05) is 29.8 Å². The number of urea groups is 1. The van der Waals surface area contributed by atoms with E-state index in [1.165, 1.54) is 0 Å². The molecule has 3 heterocycles. The lowest BCUT2D eigenvalue weighted by Crippen LogP contribution is -2.19. The van der Waals surface area contributed by atoms with E-state index >= 15 is 0 Å². The molecule has 0 aliphatic rings. The molecule has 0 saturated heterocycles. The molecule has 32 heavy (non-hydrogen) atoms. The number of carbonyl (C=O) groups is 1. The molecule has 0 saturated carbocycles. The van der Waals surface area contributed by atoms with Gasteiger partial charge in [0.25, 0.3) is 0 Å². The lowest BCUT2D eigenvalue weighted by atomic mass is 10.1. The zero-order chi connectivity index (χ0) is 21.9. The number of ether oxygens (including phenoxy) is 1. The van der Waals surface area contributed by atoms with Crippen LogP contribution in [0.4, 0.5) is 16.2 Å². The van der Waals surface area contributed by atoms with Crippen LogP contribution in [-0.4, -0.2) is 33.1 Å². The second-order valence-electron chi connectivity index (χ2n) is 7.10. The third kappa shape index (κ3) is 3.89. The molecule has 0 radical (unpaired) electrons. The van der Waals surface area contributed by atoms with Crippen LogP contribution in [0.5, 0.6) is 5.75 Å². The quantitative estimate of drug-likeness (QED) is 0.308. The Bertz CT molecular complexity index is 1380. The molecule has 0 unspecified atom stereocenters. The fourth-order valence-corrected chi connectivity index (χ4v) is 3.46. The number of benzene rings is 2. The number of fused-ring (bicyclic) bond motifs is 1. The van der Waals surface area contributed by atoms with Crippen molar-refractivity contribution >= 4 is 28.4 Å². The number of hydrogen-bond donors (Lipinski definition) is 4. The van der Waals surface area contributed by atoms with Crippen LogP contribution in [0.3, 0.4) is 0 Å². The molecule has 3 aromatic heterocycles. The number of nitrogens with one attached hydrogen (secondary N) is 4. The molecule has 4 N–H and O–H groups in total. The number of hydrogen-bond acceptors (Lipinski definition) is 4. The van der Waals surface area contributed by atoms with E-state index in [9.17, 15) is 4.79 Å². The van der Waals surface area contributed by atoms with Gasteiger partial charge in [-0.15, -0.1) is 0 Å². The number of methoxy groups -OCH3 is 1. The summed E-state index contributed by atoms with van der Waals surface area (Å²) >= 11 is 0. The standard InChI is InChI=1S/C24H20N6O2/c1-32-17-6-2-5-15(13-17)27-24(31)28-16-9-10-18-21(14-16)30-23(20-8-4-12-26-20)22(29-18)19-7-3-11-25-19/h2-14,25-26H,1H3,(H2,27,28,31). The van der Waals surface area contributed by atoms with Gasteiger partial charge in [-0.25, -0.2) is 14.8 Å². The lowest BCUT2D eigenvalue weighted by Gasteiger charge is -2.11. The summed E-state index contributed by atoms with van der Waals surface area (Å²) in [5.41, 5.74) is 5.85. The predicted molar refractivity (Wildman–Crippen MR) is 125 cm³/mol. The number of aromatic nitrogens is 4. The number of aromatic amines is 2. The summed E-state index contributed by atoms with van der Waals surface area (Å²) in [6.07, 6.45) is 3.70. The van der Waals surface area contributed by atoms with Crippen LogP contribution in [0.15, 0.2) is 79.1 Å². The molecule has 5 rings (SSSR count). The van der Waals surface area contributed by atoms with E-state index < -0.39 is 0 Å². The van der Waals surface area contributed by atoms with Crippen molar-refractivity contribution in [1.29, 1.82) is 0 Å². The van der Waals surface area contributed by atoms with E-state index in [1.807, 2.05) is 54.9 Å². The van der Waals surface area contributed by atoms with Crippen LogP contribution in [0.2, 0.25) is 0 Å². The fourth-order valence-electron chi connectivity index (χ4n) is 3.46. The second kappa shape index (κ2) is 8.27. The van der Waals surface area contributed by atoms with Gasteiger partial charge < -0.3 is 25.3 Å². The smallest absolute Gasteiger partial charge is 0.323 e. The topological polar surface area (TPSA) is 108 Å². The number of nitrogens with zero attached hydrogens (tertiary/aromatic N) is 2. The van der Waals surface area contributed by atoms with Crippen LogP contribution in [0.1, 0.15) is 0 Å². The lowest BCUT2D eigenvalue weighted by molar-refractivity contribution is 0.262. The average Bonchev–Trinajstić information content (AvgIpc) is 3.53. The maximum atomic E-state index is 12.5. The number of amides is 2. The van der Waals surface area contributed by atoms with E-state index in [1.54, 1.807) is 31.4 Å². The van der Waals surface area contributed by atoms with Crippen molar-refractivity contribution < 1.29 is 9.53 Å². The summed E-state index contributed by atoms with van der Waals surface area (Å²) in [5.74, 6) is 0.665. The first-order valence-electron chi connectivity index (χ1n) is 10.0. The van der Waals surface area contributed by atoms with Gasteiger partial charge in [-0.1, -0.05) is 6.07 Å². The summed E-state index contributed by atoms with van der Waals surface area (Å²) in [7, 11) is 1.58. The molecule has 5 aromatic rings. The van der Waals surface area contributed by atoms with Crippen molar-refractivity contribution in [3.05, 3.63) is 79.1 Å². The molecule has 8 heteroatoms. The fraction of sp³-hybridized carbons (Fsp3) is 0.0417. The molecule has 0 fully saturated rings. The van der Waals surface area contributed by atoms with Crippen molar-refractivity contribution in [3.63, 3.8) is 0 Å². The van der Waals surface area contributed by atoms with Crippen LogP contribution in [-0.2, 0) is 0 Å². The molecule has 0 spiro atoms. The minimum atomic E-state index is -0.363. The van der Waals surface area contributed by atoms with E-state index in [-0.39, 0.29) is 6.03 Å². The van der Waals surface area contributed by atoms with Gasteiger partial charge >= 0.3 is 6.03 Å². The summed E-state index contributed by atoms with van der Waals surface area (Å²) in [5, 5.41) is 5.64.